The largest absolute Gasteiger partial charge is 0.480 e. The van der Waals surface area contributed by atoms with Gasteiger partial charge in [0.25, 0.3) is 5.91 Å². The minimum atomic E-state index is -1.11. The number of para-hydroxylation sites is 1. The summed E-state index contributed by atoms with van der Waals surface area (Å²) >= 11 is 1.50. The fourth-order valence-corrected chi connectivity index (χ4v) is 2.78. The number of hydrogen-bond donors (Lipinski definition) is 3. The Morgan fingerprint density at radius 1 is 1.38 bits per heavy atom. The topological polar surface area (TPSA) is 102 Å². The van der Waals surface area contributed by atoms with Gasteiger partial charge in [0.2, 0.25) is 0 Å². The number of nitrogens with one attached hydrogen (secondary N) is 2. The number of benzene rings is 1. The number of thioether (sulfide) groups is 1. The maximum Gasteiger partial charge on any atom is 0.326 e. The second-order valence-corrected chi connectivity index (χ2v) is 6.84. The minimum absolute atomic E-state index is 0.167. The molecule has 2 unspecified atom stereocenters. The van der Waals surface area contributed by atoms with E-state index in [0.717, 1.165) is 17.7 Å². The first-order chi connectivity index (χ1) is 12.4. The summed E-state index contributed by atoms with van der Waals surface area (Å²) in [4.78, 5) is 23.5. The van der Waals surface area contributed by atoms with E-state index in [1.54, 1.807) is 0 Å². The molecule has 0 fully saturated rings. The number of nitriles is 1. The minimum Gasteiger partial charge on any atom is -0.480 e. The number of anilines is 1. The SMILES string of the molecule is CCC(C)c1ccccc1N/C=C(/C#N)C(=O)NC(CCSC)C(=O)O. The molecular formula is C19H25N3O3S. The summed E-state index contributed by atoms with van der Waals surface area (Å²) in [6, 6.07) is 8.50. The van der Waals surface area contributed by atoms with Gasteiger partial charge in [-0.1, -0.05) is 32.0 Å². The van der Waals surface area contributed by atoms with Crippen LogP contribution in [0.4, 0.5) is 5.69 Å². The summed E-state index contributed by atoms with van der Waals surface area (Å²) in [5, 5.41) is 23.9. The predicted molar refractivity (Wildman–Crippen MR) is 105 cm³/mol. The van der Waals surface area contributed by atoms with E-state index in [0.29, 0.717) is 18.1 Å². The second-order valence-electron chi connectivity index (χ2n) is 5.86. The van der Waals surface area contributed by atoms with Crippen LogP contribution in [0.3, 0.4) is 0 Å². The highest BCUT2D eigenvalue weighted by molar-refractivity contribution is 7.98. The summed E-state index contributed by atoms with van der Waals surface area (Å²) in [7, 11) is 0. The number of nitrogens with zero attached hydrogens (tertiary/aromatic N) is 1. The number of carbonyl (C=O) groups is 2. The first-order valence-electron chi connectivity index (χ1n) is 8.42. The molecule has 7 heteroatoms. The highest BCUT2D eigenvalue weighted by Gasteiger charge is 2.21. The molecule has 0 aromatic heterocycles. The summed E-state index contributed by atoms with van der Waals surface area (Å²) < 4.78 is 0. The van der Waals surface area contributed by atoms with Crippen molar-refractivity contribution in [3.05, 3.63) is 41.6 Å². The zero-order chi connectivity index (χ0) is 19.5. The van der Waals surface area contributed by atoms with Crippen molar-refractivity contribution in [2.24, 2.45) is 0 Å². The maximum absolute atomic E-state index is 12.2. The first-order valence-corrected chi connectivity index (χ1v) is 9.82. The third-order valence-corrected chi connectivity index (χ3v) is 4.70. The molecule has 2 atom stereocenters. The van der Waals surface area contributed by atoms with Crippen molar-refractivity contribution in [2.45, 2.75) is 38.6 Å². The molecule has 3 N–H and O–H groups in total. The van der Waals surface area contributed by atoms with E-state index in [9.17, 15) is 20.0 Å². The van der Waals surface area contributed by atoms with Gasteiger partial charge in [-0.25, -0.2) is 4.79 Å². The summed E-state index contributed by atoms with van der Waals surface area (Å²) in [6.07, 6.45) is 4.44. The Morgan fingerprint density at radius 3 is 2.65 bits per heavy atom. The van der Waals surface area contributed by atoms with Crippen LogP contribution in [0.2, 0.25) is 0 Å². The maximum atomic E-state index is 12.2. The van der Waals surface area contributed by atoms with Crippen LogP contribution in [0.15, 0.2) is 36.0 Å². The molecule has 0 heterocycles. The van der Waals surface area contributed by atoms with Gasteiger partial charge in [-0.2, -0.15) is 17.0 Å². The van der Waals surface area contributed by atoms with Gasteiger partial charge in [-0.3, -0.25) is 4.79 Å². The number of carboxylic acid groups (broad SMARTS) is 1. The van der Waals surface area contributed by atoms with Crippen LogP contribution in [0.5, 0.6) is 0 Å². The Balaban J connectivity index is 2.90. The first kappa shape index (κ1) is 21.6. The molecule has 26 heavy (non-hydrogen) atoms. The van der Waals surface area contributed by atoms with E-state index < -0.39 is 17.9 Å². The average Bonchev–Trinajstić information content (AvgIpc) is 2.64. The highest BCUT2D eigenvalue weighted by atomic mass is 32.2. The summed E-state index contributed by atoms with van der Waals surface area (Å²) in [5.74, 6) is -0.882. The molecule has 140 valence electrons. The monoisotopic (exact) mass is 375 g/mol. The van der Waals surface area contributed by atoms with Gasteiger partial charge < -0.3 is 15.7 Å². The normalized spacial score (nSPS) is 13.4. The van der Waals surface area contributed by atoms with Gasteiger partial charge in [-0.15, -0.1) is 0 Å². The molecule has 1 aromatic carbocycles. The number of aliphatic carboxylic acids is 1. The molecule has 0 radical (unpaired) electrons. The fourth-order valence-electron chi connectivity index (χ4n) is 2.31. The van der Waals surface area contributed by atoms with Crippen molar-refractivity contribution in [2.75, 3.05) is 17.3 Å². The van der Waals surface area contributed by atoms with Crippen molar-refractivity contribution in [1.82, 2.24) is 5.32 Å². The number of rotatable bonds is 10. The Bertz CT molecular complexity index is 698. The van der Waals surface area contributed by atoms with Gasteiger partial charge in [-0.05, 0) is 42.4 Å². The van der Waals surface area contributed by atoms with Gasteiger partial charge >= 0.3 is 5.97 Å². The third kappa shape index (κ3) is 6.45. The van der Waals surface area contributed by atoms with E-state index in [4.69, 9.17) is 0 Å². The second kappa shape index (κ2) is 11.2. The van der Waals surface area contributed by atoms with Crippen LogP contribution in [-0.2, 0) is 9.59 Å². The van der Waals surface area contributed by atoms with Crippen molar-refractivity contribution in [3.8, 4) is 6.07 Å². The molecule has 0 aliphatic heterocycles. The predicted octanol–water partition coefficient (Wildman–Crippen LogP) is 3.34. The molecule has 1 amide bonds. The molecule has 0 aliphatic carbocycles. The molecule has 0 aliphatic rings. The van der Waals surface area contributed by atoms with Crippen molar-refractivity contribution in [3.63, 3.8) is 0 Å². The van der Waals surface area contributed by atoms with Crippen LogP contribution in [0.1, 0.15) is 38.2 Å². The lowest BCUT2D eigenvalue weighted by molar-refractivity contribution is -0.141. The lowest BCUT2D eigenvalue weighted by Crippen LogP contribution is -2.41. The van der Waals surface area contributed by atoms with Crippen molar-refractivity contribution >= 4 is 29.3 Å². The van der Waals surface area contributed by atoms with Gasteiger partial charge in [0.1, 0.15) is 17.7 Å². The quantitative estimate of drug-likeness (QED) is 0.428. The number of carbonyl (C=O) groups excluding carboxylic acids is 1. The average molecular weight is 375 g/mol. The van der Waals surface area contributed by atoms with Crippen LogP contribution < -0.4 is 10.6 Å². The lowest BCUT2D eigenvalue weighted by Gasteiger charge is -2.15. The summed E-state index contributed by atoms with van der Waals surface area (Å²) in [6.45, 7) is 4.19. The molecule has 6 nitrogen and oxygen atoms in total. The molecule has 1 rings (SSSR count). The highest BCUT2D eigenvalue weighted by Crippen LogP contribution is 2.26. The van der Waals surface area contributed by atoms with Crippen LogP contribution in [0, 0.1) is 11.3 Å². The Morgan fingerprint density at radius 2 is 2.08 bits per heavy atom. The fraction of sp³-hybridized carbons (Fsp3) is 0.421. The van der Waals surface area contributed by atoms with E-state index in [-0.39, 0.29) is 5.57 Å². The smallest absolute Gasteiger partial charge is 0.326 e. The summed E-state index contributed by atoms with van der Waals surface area (Å²) in [5.41, 5.74) is 1.74. The van der Waals surface area contributed by atoms with E-state index in [1.165, 1.54) is 18.0 Å². The molecule has 0 bridgehead atoms. The molecular weight excluding hydrogens is 350 g/mol. The van der Waals surface area contributed by atoms with Crippen molar-refractivity contribution in [1.29, 1.82) is 5.26 Å². The number of carboxylic acids is 1. The zero-order valence-electron chi connectivity index (χ0n) is 15.3. The van der Waals surface area contributed by atoms with Crippen molar-refractivity contribution < 1.29 is 14.7 Å². The molecule has 1 aromatic rings. The van der Waals surface area contributed by atoms with E-state index in [2.05, 4.69) is 24.5 Å². The van der Waals surface area contributed by atoms with Crippen LogP contribution in [0.25, 0.3) is 0 Å². The molecule has 0 spiro atoms. The molecule has 0 saturated carbocycles. The van der Waals surface area contributed by atoms with Crippen LogP contribution in [-0.4, -0.2) is 35.0 Å². The van der Waals surface area contributed by atoms with Crippen LogP contribution >= 0.6 is 11.8 Å². The Labute approximate surface area is 158 Å². The number of amides is 1. The number of hydrogen-bond acceptors (Lipinski definition) is 5. The molecule has 0 saturated heterocycles. The van der Waals surface area contributed by atoms with Gasteiger partial charge in [0.05, 0.1) is 0 Å². The van der Waals surface area contributed by atoms with Gasteiger partial charge in [0, 0.05) is 11.9 Å². The Kier molecular flexibility index (Phi) is 9.31. The third-order valence-electron chi connectivity index (χ3n) is 4.06. The van der Waals surface area contributed by atoms with E-state index >= 15 is 0 Å². The zero-order valence-corrected chi connectivity index (χ0v) is 16.1. The lowest BCUT2D eigenvalue weighted by atomic mass is 9.97. The standard InChI is InChI=1S/C19H25N3O3S/c1-4-13(2)15-7-5-6-8-16(15)21-12-14(11-20)18(23)22-17(19(24)25)9-10-26-3/h5-8,12-13,17,21H,4,9-10H2,1-3H3,(H,22,23)(H,24,25)/b14-12-. The Hall–Kier alpha value is -2.46. The van der Waals surface area contributed by atoms with E-state index in [1.807, 2.05) is 36.6 Å². The van der Waals surface area contributed by atoms with Gasteiger partial charge in [0.15, 0.2) is 0 Å².